The van der Waals surface area contributed by atoms with Crippen LogP contribution in [0.5, 0.6) is 17.2 Å². The van der Waals surface area contributed by atoms with Gasteiger partial charge in [0.15, 0.2) is 0 Å². The van der Waals surface area contributed by atoms with E-state index < -0.39 is 23.5 Å². The van der Waals surface area contributed by atoms with E-state index in [0.717, 1.165) is 12.1 Å². The number of para-hydroxylation sites is 1. The number of carbonyl (C=O) groups is 1. The number of ether oxygens (including phenoxy) is 3. The average molecular weight is 434 g/mol. The smallest absolute Gasteiger partial charge is 0.347 e. The zero-order valence-electron chi connectivity index (χ0n) is 16.8. The van der Waals surface area contributed by atoms with Crippen LogP contribution in [0.25, 0.3) is 0 Å². The minimum Gasteiger partial charge on any atom is -0.496 e. The highest BCUT2D eigenvalue weighted by Gasteiger charge is 2.33. The Kier molecular flexibility index (Phi) is 5.48. The van der Waals surface area contributed by atoms with Crippen LogP contribution in [0.2, 0.25) is 0 Å². The molecule has 0 amide bonds. The van der Waals surface area contributed by atoms with Crippen LogP contribution in [0.1, 0.15) is 27.4 Å². The van der Waals surface area contributed by atoms with Gasteiger partial charge in [0.1, 0.15) is 46.1 Å². The van der Waals surface area contributed by atoms with Crippen molar-refractivity contribution in [2.45, 2.75) is 5.92 Å². The van der Waals surface area contributed by atoms with Crippen molar-refractivity contribution in [2.24, 2.45) is 5.73 Å². The molecule has 0 unspecified atom stereocenters. The second kappa shape index (κ2) is 8.40. The Hall–Kier alpha value is -4.38. The lowest BCUT2D eigenvalue weighted by atomic mass is 9.83. The number of rotatable bonds is 4. The number of halogens is 2. The average Bonchev–Trinajstić information content (AvgIpc) is 2.78. The van der Waals surface area contributed by atoms with Crippen molar-refractivity contribution in [2.75, 3.05) is 7.11 Å². The highest BCUT2D eigenvalue weighted by molar-refractivity contribution is 5.94. The second-order valence-corrected chi connectivity index (χ2v) is 6.88. The molecule has 0 aromatic heterocycles. The third-order valence-electron chi connectivity index (χ3n) is 5.00. The predicted molar refractivity (Wildman–Crippen MR) is 110 cm³/mol. The molecule has 4 rings (SSSR count). The Balaban J connectivity index is 1.72. The molecule has 8 heteroatoms. The maximum atomic E-state index is 14.5. The molecule has 1 aliphatic heterocycles. The van der Waals surface area contributed by atoms with E-state index in [2.05, 4.69) is 0 Å². The van der Waals surface area contributed by atoms with Crippen molar-refractivity contribution < 1.29 is 27.8 Å². The Labute approximate surface area is 182 Å². The lowest BCUT2D eigenvalue weighted by Gasteiger charge is -2.27. The van der Waals surface area contributed by atoms with Gasteiger partial charge in [0.05, 0.1) is 13.0 Å². The Bertz CT molecular complexity index is 1300. The summed E-state index contributed by atoms with van der Waals surface area (Å²) in [5.74, 6) is -2.68. The number of carbonyl (C=O) groups excluding carboxylic acids is 1. The number of methoxy groups -OCH3 is 1. The number of nitrogens with zero attached hydrogens (tertiary/aromatic N) is 1. The third-order valence-corrected chi connectivity index (χ3v) is 5.00. The zero-order chi connectivity index (χ0) is 22.8. The number of benzene rings is 3. The first-order valence-corrected chi connectivity index (χ1v) is 9.44. The first-order valence-electron chi connectivity index (χ1n) is 9.44. The molecule has 160 valence electrons. The van der Waals surface area contributed by atoms with E-state index in [1.165, 1.54) is 31.4 Å². The summed E-state index contributed by atoms with van der Waals surface area (Å²) in [5.41, 5.74) is 6.60. The molecule has 0 bridgehead atoms. The number of fused-ring (bicyclic) bond motifs is 1. The van der Waals surface area contributed by atoms with E-state index in [4.69, 9.17) is 19.9 Å². The number of hydrogen-bond donors (Lipinski definition) is 1. The number of nitrogens with two attached hydrogens (primary N) is 1. The summed E-state index contributed by atoms with van der Waals surface area (Å²) in [6.45, 7) is 0. The molecule has 0 aliphatic carbocycles. The molecule has 0 saturated carbocycles. The van der Waals surface area contributed by atoms with Crippen LogP contribution in [0.15, 0.2) is 72.1 Å². The van der Waals surface area contributed by atoms with Crippen LogP contribution < -0.4 is 19.9 Å². The largest absolute Gasteiger partial charge is 0.496 e. The maximum absolute atomic E-state index is 14.5. The fourth-order valence-corrected chi connectivity index (χ4v) is 3.53. The normalized spacial score (nSPS) is 14.8. The van der Waals surface area contributed by atoms with Crippen LogP contribution >= 0.6 is 0 Å². The molecule has 0 fully saturated rings. The fourth-order valence-electron chi connectivity index (χ4n) is 3.53. The van der Waals surface area contributed by atoms with Gasteiger partial charge in [-0.3, -0.25) is 0 Å². The van der Waals surface area contributed by atoms with Gasteiger partial charge in [-0.25, -0.2) is 13.6 Å². The number of allylic oxidation sites excluding steroid dienone is 1. The molecule has 6 nitrogen and oxygen atoms in total. The van der Waals surface area contributed by atoms with E-state index in [0.29, 0.717) is 11.3 Å². The Morgan fingerprint density at radius 3 is 2.56 bits per heavy atom. The van der Waals surface area contributed by atoms with Gasteiger partial charge >= 0.3 is 5.97 Å². The van der Waals surface area contributed by atoms with Gasteiger partial charge in [-0.1, -0.05) is 24.3 Å². The molecule has 3 aromatic rings. The highest BCUT2D eigenvalue weighted by Crippen LogP contribution is 2.44. The van der Waals surface area contributed by atoms with E-state index in [-0.39, 0.29) is 34.1 Å². The monoisotopic (exact) mass is 434 g/mol. The molecule has 0 radical (unpaired) electrons. The van der Waals surface area contributed by atoms with Gasteiger partial charge in [0.2, 0.25) is 5.88 Å². The topological polar surface area (TPSA) is 94.6 Å². The van der Waals surface area contributed by atoms with Crippen molar-refractivity contribution in [3.8, 4) is 23.3 Å². The van der Waals surface area contributed by atoms with E-state index >= 15 is 0 Å². The van der Waals surface area contributed by atoms with Gasteiger partial charge in [0, 0.05) is 23.3 Å². The van der Waals surface area contributed by atoms with Crippen molar-refractivity contribution in [3.63, 3.8) is 0 Å². The quantitative estimate of drug-likeness (QED) is 0.483. The number of hydrogen-bond acceptors (Lipinski definition) is 6. The lowest BCUT2D eigenvalue weighted by Crippen LogP contribution is -2.22. The molecule has 32 heavy (non-hydrogen) atoms. The Morgan fingerprint density at radius 1 is 1.09 bits per heavy atom. The molecule has 0 spiro atoms. The summed E-state index contributed by atoms with van der Waals surface area (Å²) in [7, 11) is 1.44. The highest BCUT2D eigenvalue weighted by atomic mass is 19.1. The van der Waals surface area contributed by atoms with Crippen LogP contribution in [-0.2, 0) is 0 Å². The first-order chi connectivity index (χ1) is 15.4. The van der Waals surface area contributed by atoms with Gasteiger partial charge in [0.25, 0.3) is 0 Å². The molecule has 1 heterocycles. The van der Waals surface area contributed by atoms with Crippen molar-refractivity contribution >= 4 is 5.97 Å². The summed E-state index contributed by atoms with van der Waals surface area (Å²) >= 11 is 0. The van der Waals surface area contributed by atoms with Crippen molar-refractivity contribution in [1.29, 1.82) is 5.26 Å². The van der Waals surface area contributed by atoms with E-state index in [1.54, 1.807) is 24.3 Å². The van der Waals surface area contributed by atoms with Crippen LogP contribution in [-0.4, -0.2) is 13.1 Å². The first kappa shape index (κ1) is 20.9. The molecular weight excluding hydrogens is 418 g/mol. The predicted octanol–water partition coefficient (Wildman–Crippen LogP) is 4.41. The third kappa shape index (κ3) is 3.72. The summed E-state index contributed by atoms with van der Waals surface area (Å²) in [6.07, 6.45) is 0. The molecule has 3 aromatic carbocycles. The fraction of sp³-hybridized carbons (Fsp3) is 0.0833. The van der Waals surface area contributed by atoms with Crippen LogP contribution in [0, 0.1) is 23.0 Å². The van der Waals surface area contributed by atoms with Crippen LogP contribution in [0.3, 0.4) is 0 Å². The summed E-state index contributed by atoms with van der Waals surface area (Å²) in [5, 5.41) is 9.57. The molecule has 1 atom stereocenters. The second-order valence-electron chi connectivity index (χ2n) is 6.88. The van der Waals surface area contributed by atoms with Crippen molar-refractivity contribution in [3.05, 3.63) is 100 Å². The molecule has 0 saturated heterocycles. The molecule has 2 N–H and O–H groups in total. The summed E-state index contributed by atoms with van der Waals surface area (Å²) in [4.78, 5) is 12.6. The Morgan fingerprint density at radius 2 is 1.84 bits per heavy atom. The standard InChI is InChI=1S/C24H16F2N2O4/c1-30-20-5-3-2-4-17(20)24(29)31-14-7-9-16-21(11-14)32-23(28)18(12-27)22(16)15-8-6-13(25)10-19(15)26/h2-11,22H,28H2,1H3/t22-/m0/s1. The summed E-state index contributed by atoms with van der Waals surface area (Å²) in [6, 6.07) is 16.0. The number of esters is 1. The zero-order valence-corrected chi connectivity index (χ0v) is 16.8. The maximum Gasteiger partial charge on any atom is 0.347 e. The molecule has 1 aliphatic rings. The van der Waals surface area contributed by atoms with Gasteiger partial charge in [-0.15, -0.1) is 0 Å². The van der Waals surface area contributed by atoms with E-state index in [1.807, 2.05) is 6.07 Å². The van der Waals surface area contributed by atoms with Gasteiger partial charge < -0.3 is 19.9 Å². The van der Waals surface area contributed by atoms with Gasteiger partial charge in [-0.2, -0.15) is 5.26 Å². The molecular formula is C24H16F2N2O4. The van der Waals surface area contributed by atoms with Gasteiger partial charge in [-0.05, 0) is 24.3 Å². The van der Waals surface area contributed by atoms with E-state index in [9.17, 15) is 18.8 Å². The van der Waals surface area contributed by atoms with Crippen LogP contribution in [0.4, 0.5) is 8.78 Å². The minimum atomic E-state index is -0.914. The SMILES string of the molecule is COc1ccccc1C(=O)Oc1ccc2c(c1)OC(N)=C(C#N)[C@H]2c1ccc(F)cc1F. The minimum absolute atomic E-state index is 0.0122. The lowest BCUT2D eigenvalue weighted by molar-refractivity contribution is 0.0731. The van der Waals surface area contributed by atoms with Crippen molar-refractivity contribution in [1.82, 2.24) is 0 Å². The summed E-state index contributed by atoms with van der Waals surface area (Å²) < 4.78 is 44.1. The number of nitriles is 1.